The lowest BCUT2D eigenvalue weighted by Gasteiger charge is -2.10. The van der Waals surface area contributed by atoms with E-state index in [0.717, 1.165) is 16.8 Å². The molecule has 3 aromatic rings. The lowest BCUT2D eigenvalue weighted by Crippen LogP contribution is -2.25. The number of aromatic nitrogens is 2. The lowest BCUT2D eigenvalue weighted by atomic mass is 10.1. The van der Waals surface area contributed by atoms with Crippen LogP contribution in [0.25, 0.3) is 10.8 Å². The maximum Gasteiger partial charge on any atom is 0.276 e. The van der Waals surface area contributed by atoms with Gasteiger partial charge in [-0.25, -0.2) is 13.5 Å². The van der Waals surface area contributed by atoms with Crippen LogP contribution in [-0.4, -0.2) is 15.7 Å². The van der Waals surface area contributed by atoms with Gasteiger partial charge in [-0.3, -0.25) is 9.59 Å². The molecule has 0 aliphatic carbocycles. The third-order valence-electron chi connectivity index (χ3n) is 3.37. The number of anilines is 1. The van der Waals surface area contributed by atoms with Crippen molar-refractivity contribution in [2.24, 2.45) is 7.05 Å². The molecule has 3 rings (SSSR count). The first-order valence-electron chi connectivity index (χ1n) is 6.70. The van der Waals surface area contributed by atoms with Crippen LogP contribution < -0.4 is 10.9 Å². The highest BCUT2D eigenvalue weighted by Gasteiger charge is 2.18. The highest BCUT2D eigenvalue weighted by molar-refractivity contribution is 6.11. The number of fused-ring (bicyclic) bond motifs is 1. The Morgan fingerprint density at radius 1 is 1.04 bits per heavy atom. The summed E-state index contributed by atoms with van der Waals surface area (Å²) in [6.07, 6.45) is 0. The molecule has 0 spiro atoms. The van der Waals surface area contributed by atoms with E-state index in [1.54, 1.807) is 24.3 Å². The SMILES string of the molecule is Cn1nc(C(=O)Nc2c(F)cccc2F)c2ccccc2c1=O. The third kappa shape index (κ3) is 2.57. The fourth-order valence-corrected chi connectivity index (χ4v) is 2.26. The molecule has 0 saturated carbocycles. The van der Waals surface area contributed by atoms with Crippen molar-refractivity contribution in [2.45, 2.75) is 0 Å². The summed E-state index contributed by atoms with van der Waals surface area (Å²) in [6, 6.07) is 9.66. The van der Waals surface area contributed by atoms with Gasteiger partial charge in [0.1, 0.15) is 17.3 Å². The number of nitrogens with zero attached hydrogens (tertiary/aromatic N) is 2. The van der Waals surface area contributed by atoms with Crippen molar-refractivity contribution in [3.63, 3.8) is 0 Å². The molecule has 0 radical (unpaired) electrons. The molecule has 2 aromatic carbocycles. The first kappa shape index (κ1) is 14.8. The Kier molecular flexibility index (Phi) is 3.61. The first-order valence-corrected chi connectivity index (χ1v) is 6.70. The summed E-state index contributed by atoms with van der Waals surface area (Å²) in [7, 11) is 1.40. The van der Waals surface area contributed by atoms with Gasteiger partial charge in [0.25, 0.3) is 11.5 Å². The molecule has 1 aromatic heterocycles. The molecule has 0 atom stereocenters. The summed E-state index contributed by atoms with van der Waals surface area (Å²) in [5, 5.41) is 6.68. The molecule has 116 valence electrons. The number of carbonyl (C=O) groups is 1. The molecule has 5 nitrogen and oxygen atoms in total. The molecule has 0 unspecified atom stereocenters. The molecule has 1 N–H and O–H groups in total. The fraction of sp³-hybridized carbons (Fsp3) is 0.0625. The van der Waals surface area contributed by atoms with E-state index in [1.807, 2.05) is 0 Å². The molecule has 7 heteroatoms. The smallest absolute Gasteiger partial charge is 0.276 e. The van der Waals surface area contributed by atoms with E-state index < -0.39 is 23.2 Å². The molecule has 1 heterocycles. The van der Waals surface area contributed by atoms with E-state index >= 15 is 0 Å². The second-order valence-electron chi connectivity index (χ2n) is 4.87. The minimum Gasteiger partial charge on any atom is -0.316 e. The molecule has 0 saturated heterocycles. The molecular formula is C16H11F2N3O2. The topological polar surface area (TPSA) is 64.0 Å². The van der Waals surface area contributed by atoms with Crippen molar-refractivity contribution < 1.29 is 13.6 Å². The van der Waals surface area contributed by atoms with Gasteiger partial charge in [0.15, 0.2) is 5.69 Å². The monoisotopic (exact) mass is 315 g/mol. The van der Waals surface area contributed by atoms with Crippen LogP contribution in [0, 0.1) is 11.6 Å². The van der Waals surface area contributed by atoms with E-state index in [-0.39, 0.29) is 11.3 Å². The highest BCUT2D eigenvalue weighted by Crippen LogP contribution is 2.20. The van der Waals surface area contributed by atoms with Crippen molar-refractivity contribution in [3.05, 3.63) is 70.1 Å². The summed E-state index contributed by atoms with van der Waals surface area (Å²) in [4.78, 5) is 24.4. The van der Waals surface area contributed by atoms with E-state index in [9.17, 15) is 18.4 Å². The van der Waals surface area contributed by atoms with Gasteiger partial charge in [0.2, 0.25) is 0 Å². The normalized spacial score (nSPS) is 10.7. The van der Waals surface area contributed by atoms with Crippen molar-refractivity contribution in [1.82, 2.24) is 9.78 Å². The molecule has 0 aliphatic rings. The number of aryl methyl sites for hydroxylation is 1. The standard InChI is InChI=1S/C16H11F2N3O2/c1-21-16(23)10-6-3-2-5-9(10)13(20-21)15(22)19-14-11(17)7-4-8-12(14)18/h2-8H,1H3,(H,19,22). The number of hydrogen-bond donors (Lipinski definition) is 1. The van der Waals surface area contributed by atoms with Gasteiger partial charge in [-0.05, 0) is 18.2 Å². The zero-order valence-corrected chi connectivity index (χ0v) is 12.0. The quantitative estimate of drug-likeness (QED) is 0.790. The second-order valence-corrected chi connectivity index (χ2v) is 4.87. The van der Waals surface area contributed by atoms with Gasteiger partial charge in [-0.1, -0.05) is 24.3 Å². The Morgan fingerprint density at radius 3 is 2.30 bits per heavy atom. The summed E-state index contributed by atoms with van der Waals surface area (Å²) in [6.45, 7) is 0. The number of carbonyl (C=O) groups excluding carboxylic acids is 1. The van der Waals surface area contributed by atoms with Gasteiger partial charge < -0.3 is 5.32 Å². The zero-order valence-electron chi connectivity index (χ0n) is 12.0. The van der Waals surface area contributed by atoms with Crippen LogP contribution >= 0.6 is 0 Å². The molecule has 23 heavy (non-hydrogen) atoms. The molecule has 0 aliphatic heterocycles. The Hall–Kier alpha value is -3.09. The average Bonchev–Trinajstić information content (AvgIpc) is 2.54. The summed E-state index contributed by atoms with van der Waals surface area (Å²) >= 11 is 0. The van der Waals surface area contributed by atoms with Gasteiger partial charge >= 0.3 is 0 Å². The Labute approximate surface area is 129 Å². The molecule has 1 amide bonds. The molecular weight excluding hydrogens is 304 g/mol. The molecule has 0 bridgehead atoms. The predicted molar refractivity (Wildman–Crippen MR) is 81.3 cm³/mol. The minimum atomic E-state index is -0.896. The Bertz CT molecular complexity index is 962. The predicted octanol–water partition coefficient (Wildman–Crippen LogP) is 2.46. The van der Waals surface area contributed by atoms with Crippen molar-refractivity contribution in [2.75, 3.05) is 5.32 Å². The van der Waals surface area contributed by atoms with Crippen LogP contribution in [-0.2, 0) is 7.05 Å². The maximum atomic E-state index is 13.7. The van der Waals surface area contributed by atoms with E-state index in [4.69, 9.17) is 0 Å². The van der Waals surface area contributed by atoms with Gasteiger partial charge in [-0.2, -0.15) is 5.10 Å². The number of amides is 1. The Morgan fingerprint density at radius 2 is 1.65 bits per heavy atom. The van der Waals surface area contributed by atoms with Crippen molar-refractivity contribution in [1.29, 1.82) is 0 Å². The number of benzene rings is 2. The molecule has 0 fully saturated rings. The first-order chi connectivity index (χ1) is 11.0. The average molecular weight is 315 g/mol. The summed E-state index contributed by atoms with van der Waals surface area (Å²) in [5.74, 6) is -2.60. The number of rotatable bonds is 2. The lowest BCUT2D eigenvalue weighted by molar-refractivity contribution is 0.102. The number of nitrogens with one attached hydrogen (secondary N) is 1. The van der Waals surface area contributed by atoms with E-state index in [2.05, 4.69) is 10.4 Å². The maximum absolute atomic E-state index is 13.7. The van der Waals surface area contributed by atoms with Gasteiger partial charge in [0.05, 0.1) is 5.39 Å². The Balaban J connectivity index is 2.12. The second kappa shape index (κ2) is 5.60. The van der Waals surface area contributed by atoms with Crippen LogP contribution in [0.4, 0.5) is 14.5 Å². The van der Waals surface area contributed by atoms with Crippen molar-refractivity contribution >= 4 is 22.4 Å². The largest absolute Gasteiger partial charge is 0.316 e. The van der Waals surface area contributed by atoms with Crippen LogP contribution in [0.3, 0.4) is 0 Å². The van der Waals surface area contributed by atoms with Crippen LogP contribution in [0.5, 0.6) is 0 Å². The number of hydrogen-bond acceptors (Lipinski definition) is 3. The number of para-hydroxylation sites is 1. The van der Waals surface area contributed by atoms with Gasteiger partial charge in [-0.15, -0.1) is 0 Å². The summed E-state index contributed by atoms with van der Waals surface area (Å²) < 4.78 is 28.3. The van der Waals surface area contributed by atoms with Crippen molar-refractivity contribution in [3.8, 4) is 0 Å². The van der Waals surface area contributed by atoms with Crippen LogP contribution in [0.1, 0.15) is 10.5 Å². The van der Waals surface area contributed by atoms with E-state index in [0.29, 0.717) is 10.8 Å². The third-order valence-corrected chi connectivity index (χ3v) is 3.37. The van der Waals surface area contributed by atoms with E-state index in [1.165, 1.54) is 13.1 Å². The van der Waals surface area contributed by atoms with Gasteiger partial charge in [0, 0.05) is 12.4 Å². The number of halogens is 2. The summed E-state index contributed by atoms with van der Waals surface area (Å²) in [5.41, 5.74) is -1.02. The minimum absolute atomic E-state index is 0.0923. The highest BCUT2D eigenvalue weighted by atomic mass is 19.1. The van der Waals surface area contributed by atoms with Crippen LogP contribution in [0.2, 0.25) is 0 Å². The fourth-order valence-electron chi connectivity index (χ4n) is 2.26. The zero-order chi connectivity index (χ0) is 16.6. The van der Waals surface area contributed by atoms with Crippen LogP contribution in [0.15, 0.2) is 47.3 Å².